The van der Waals surface area contributed by atoms with Crippen molar-refractivity contribution in [2.45, 2.75) is 63.8 Å². The highest BCUT2D eigenvalue weighted by Crippen LogP contribution is 2.39. The molecule has 0 saturated heterocycles. The van der Waals surface area contributed by atoms with Crippen LogP contribution in [0.2, 0.25) is 0 Å². The van der Waals surface area contributed by atoms with Crippen molar-refractivity contribution in [1.29, 1.82) is 0 Å². The molecular formula is C17H28ClN3O2S. The summed E-state index contributed by atoms with van der Waals surface area (Å²) in [5, 5.41) is 7.25. The van der Waals surface area contributed by atoms with Gasteiger partial charge in [0.2, 0.25) is 5.91 Å². The highest BCUT2D eigenvalue weighted by Gasteiger charge is 2.39. The Hall–Kier alpha value is -0.720. The van der Waals surface area contributed by atoms with Crippen LogP contribution in [0.5, 0.6) is 0 Å². The van der Waals surface area contributed by atoms with Crippen molar-refractivity contribution in [2.75, 3.05) is 5.75 Å². The highest BCUT2D eigenvalue weighted by molar-refractivity contribution is 7.99. The lowest BCUT2D eigenvalue weighted by molar-refractivity contribution is -0.120. The molecule has 2 atom stereocenters. The zero-order valence-corrected chi connectivity index (χ0v) is 16.0. The van der Waals surface area contributed by atoms with Gasteiger partial charge in [-0.15, -0.1) is 24.2 Å². The number of aryl methyl sites for hydroxylation is 2. The smallest absolute Gasteiger partial charge is 0.230 e. The first kappa shape index (κ1) is 19.6. The van der Waals surface area contributed by atoms with Crippen LogP contribution >= 0.6 is 24.2 Å². The lowest BCUT2D eigenvalue weighted by Crippen LogP contribution is -2.54. The third kappa shape index (κ3) is 4.46. The summed E-state index contributed by atoms with van der Waals surface area (Å²) in [5.74, 6) is 3.43. The molecule has 2 unspecified atom stereocenters. The lowest BCUT2D eigenvalue weighted by Gasteiger charge is -2.45. The maximum Gasteiger partial charge on any atom is 0.230 e. The summed E-state index contributed by atoms with van der Waals surface area (Å²) in [6.45, 7) is 3.86. The van der Waals surface area contributed by atoms with Gasteiger partial charge in [0.05, 0.1) is 11.4 Å². The van der Waals surface area contributed by atoms with Gasteiger partial charge in [0.25, 0.3) is 0 Å². The molecule has 1 amide bonds. The van der Waals surface area contributed by atoms with Crippen molar-refractivity contribution < 1.29 is 9.32 Å². The molecule has 2 saturated carbocycles. The van der Waals surface area contributed by atoms with Crippen LogP contribution in [0.4, 0.5) is 0 Å². The quantitative estimate of drug-likeness (QED) is 0.829. The van der Waals surface area contributed by atoms with Gasteiger partial charge in [-0.05, 0) is 51.4 Å². The zero-order valence-electron chi connectivity index (χ0n) is 14.4. The second-order valence-corrected chi connectivity index (χ2v) is 8.06. The summed E-state index contributed by atoms with van der Waals surface area (Å²) in [7, 11) is 0. The molecule has 2 aliphatic rings. The molecule has 3 rings (SSSR count). The molecule has 3 N–H and O–H groups in total. The van der Waals surface area contributed by atoms with Gasteiger partial charge in [-0.3, -0.25) is 4.79 Å². The molecule has 5 nitrogen and oxygen atoms in total. The van der Waals surface area contributed by atoms with Crippen LogP contribution in [0.1, 0.15) is 49.1 Å². The standard InChI is InChI=1S/C17H27N3O2S.ClH/c1-10-15(11(2)22-20-10)8-23-9-16(21)19-17-12-4-3-5-13(17)7-14(18)6-12;/h12-14,17H,3-9,18H2,1-2H3,(H,19,21);1H. The Morgan fingerprint density at radius 3 is 2.58 bits per heavy atom. The summed E-state index contributed by atoms with van der Waals surface area (Å²) in [6, 6.07) is 0.670. The third-order valence-electron chi connectivity index (χ3n) is 5.36. The summed E-state index contributed by atoms with van der Waals surface area (Å²) in [6.07, 6.45) is 5.83. The summed E-state index contributed by atoms with van der Waals surface area (Å²) < 4.78 is 5.16. The zero-order chi connectivity index (χ0) is 16.4. The number of fused-ring (bicyclic) bond motifs is 2. The van der Waals surface area contributed by atoms with Gasteiger partial charge in [0.15, 0.2) is 0 Å². The Morgan fingerprint density at radius 1 is 1.33 bits per heavy atom. The van der Waals surface area contributed by atoms with Crippen LogP contribution in [-0.4, -0.2) is 28.9 Å². The van der Waals surface area contributed by atoms with Crippen LogP contribution in [0, 0.1) is 25.7 Å². The van der Waals surface area contributed by atoms with E-state index in [4.69, 9.17) is 10.3 Å². The number of hydrogen-bond acceptors (Lipinski definition) is 5. The molecule has 136 valence electrons. The molecule has 0 aliphatic heterocycles. The second kappa shape index (κ2) is 8.59. The molecule has 2 fully saturated rings. The van der Waals surface area contributed by atoms with Crippen molar-refractivity contribution in [1.82, 2.24) is 10.5 Å². The number of thioether (sulfide) groups is 1. The minimum absolute atomic E-state index is 0. The van der Waals surface area contributed by atoms with Crippen molar-refractivity contribution in [3.63, 3.8) is 0 Å². The Labute approximate surface area is 154 Å². The largest absolute Gasteiger partial charge is 0.361 e. The van der Waals surface area contributed by atoms with E-state index in [1.807, 2.05) is 13.8 Å². The van der Waals surface area contributed by atoms with Crippen LogP contribution in [0.3, 0.4) is 0 Å². The fourth-order valence-corrected chi connectivity index (χ4v) is 5.19. The second-order valence-electron chi connectivity index (χ2n) is 7.07. The van der Waals surface area contributed by atoms with Crippen LogP contribution < -0.4 is 11.1 Å². The number of carbonyl (C=O) groups excluding carboxylic acids is 1. The van der Waals surface area contributed by atoms with Crippen LogP contribution in [0.25, 0.3) is 0 Å². The fourth-order valence-electron chi connectivity index (χ4n) is 4.21. The maximum absolute atomic E-state index is 12.3. The average Bonchev–Trinajstić information content (AvgIpc) is 2.80. The van der Waals surface area contributed by atoms with Crippen molar-refractivity contribution in [3.8, 4) is 0 Å². The number of nitrogens with two attached hydrogens (primary N) is 1. The first-order valence-corrected chi connectivity index (χ1v) is 9.74. The van der Waals surface area contributed by atoms with E-state index < -0.39 is 0 Å². The molecule has 1 heterocycles. The first-order valence-electron chi connectivity index (χ1n) is 8.59. The normalized spacial score (nSPS) is 29.0. The van der Waals surface area contributed by atoms with Crippen molar-refractivity contribution in [3.05, 3.63) is 17.0 Å². The van der Waals surface area contributed by atoms with Crippen molar-refractivity contribution >= 4 is 30.1 Å². The molecule has 0 spiro atoms. The highest BCUT2D eigenvalue weighted by atomic mass is 35.5. The summed E-state index contributed by atoms with van der Waals surface area (Å²) in [4.78, 5) is 12.3. The molecule has 2 aliphatic carbocycles. The minimum atomic E-state index is 0. The Kier molecular flexibility index (Phi) is 7.01. The SMILES string of the molecule is Cc1noc(C)c1CSCC(=O)NC1C2CCCC1CC(N)C2.Cl. The number of amides is 1. The summed E-state index contributed by atoms with van der Waals surface area (Å²) in [5.41, 5.74) is 8.19. The Bertz CT molecular complexity index is 533. The first-order chi connectivity index (χ1) is 11.0. The molecule has 2 bridgehead atoms. The van der Waals surface area contributed by atoms with Gasteiger partial charge in [-0.25, -0.2) is 0 Å². The Balaban J connectivity index is 0.00000208. The van der Waals surface area contributed by atoms with Gasteiger partial charge in [-0.1, -0.05) is 11.6 Å². The molecule has 1 aromatic heterocycles. The number of halogens is 1. The molecule has 0 radical (unpaired) electrons. The van der Waals surface area contributed by atoms with Gasteiger partial charge in [0, 0.05) is 23.4 Å². The minimum Gasteiger partial charge on any atom is -0.361 e. The van der Waals surface area contributed by atoms with Crippen LogP contribution in [-0.2, 0) is 10.5 Å². The predicted molar refractivity (Wildman–Crippen MR) is 99.4 cm³/mol. The van der Waals surface area contributed by atoms with Crippen molar-refractivity contribution in [2.24, 2.45) is 17.6 Å². The molecule has 1 aromatic rings. The van der Waals surface area contributed by atoms with E-state index >= 15 is 0 Å². The van der Waals surface area contributed by atoms with Gasteiger partial charge in [0.1, 0.15) is 5.76 Å². The molecule has 24 heavy (non-hydrogen) atoms. The van der Waals surface area contributed by atoms with E-state index in [0.717, 1.165) is 35.6 Å². The van der Waals surface area contributed by atoms with E-state index in [-0.39, 0.29) is 18.3 Å². The number of nitrogens with zero attached hydrogens (tertiary/aromatic N) is 1. The summed E-state index contributed by atoms with van der Waals surface area (Å²) >= 11 is 1.63. The number of rotatable bonds is 5. The topological polar surface area (TPSA) is 81.2 Å². The average molecular weight is 374 g/mol. The number of nitrogens with one attached hydrogen (secondary N) is 1. The number of aromatic nitrogens is 1. The van der Waals surface area contributed by atoms with E-state index in [1.165, 1.54) is 19.3 Å². The van der Waals surface area contributed by atoms with Gasteiger partial charge >= 0.3 is 0 Å². The van der Waals surface area contributed by atoms with Gasteiger partial charge in [-0.2, -0.15) is 0 Å². The lowest BCUT2D eigenvalue weighted by atomic mass is 9.67. The monoisotopic (exact) mass is 373 g/mol. The number of carbonyl (C=O) groups is 1. The van der Waals surface area contributed by atoms with Gasteiger partial charge < -0.3 is 15.6 Å². The van der Waals surface area contributed by atoms with E-state index in [0.29, 0.717) is 29.7 Å². The molecular weight excluding hydrogens is 346 g/mol. The fraction of sp³-hybridized carbons (Fsp3) is 0.765. The van der Waals surface area contributed by atoms with E-state index in [1.54, 1.807) is 11.8 Å². The Morgan fingerprint density at radius 2 is 2.00 bits per heavy atom. The van der Waals surface area contributed by atoms with E-state index in [2.05, 4.69) is 10.5 Å². The molecule has 0 aromatic carbocycles. The predicted octanol–water partition coefficient (Wildman–Crippen LogP) is 2.97. The third-order valence-corrected chi connectivity index (χ3v) is 6.32. The number of hydrogen-bond donors (Lipinski definition) is 2. The maximum atomic E-state index is 12.3. The van der Waals surface area contributed by atoms with Crippen LogP contribution in [0.15, 0.2) is 4.52 Å². The van der Waals surface area contributed by atoms with E-state index in [9.17, 15) is 4.79 Å². The molecule has 7 heteroatoms.